The quantitative estimate of drug-likeness (QED) is 0.120. The second-order valence-electron chi connectivity index (χ2n) is 6.24. The maximum atomic E-state index is 12.1. The molecule has 12 nitrogen and oxygen atoms in total. The molecule has 0 spiro atoms. The number of benzene rings is 1. The fourth-order valence-corrected chi connectivity index (χ4v) is 3.13. The van der Waals surface area contributed by atoms with Crippen molar-refractivity contribution in [1.82, 2.24) is 19.9 Å². The van der Waals surface area contributed by atoms with Crippen LogP contribution in [0.3, 0.4) is 0 Å². The maximum absolute atomic E-state index is 12.1. The summed E-state index contributed by atoms with van der Waals surface area (Å²) in [6, 6.07) is 0. The van der Waals surface area contributed by atoms with Crippen molar-refractivity contribution in [3.8, 4) is 28.8 Å². The predicted octanol–water partition coefficient (Wildman–Crippen LogP) is 2.38. The molecule has 0 saturated carbocycles. The highest BCUT2D eigenvalue weighted by Gasteiger charge is 2.28. The van der Waals surface area contributed by atoms with Crippen LogP contribution in [0.5, 0.6) is 17.4 Å². The first kappa shape index (κ1) is 19.2. The number of hydrogen-bond donors (Lipinski definition) is 6. The number of nitrogens with one attached hydrogen (secondary N) is 2. The summed E-state index contributed by atoms with van der Waals surface area (Å²) in [5, 5.41) is 40.8. The predicted molar refractivity (Wildman–Crippen MR) is 104 cm³/mol. The molecule has 0 aliphatic carbocycles. The summed E-state index contributed by atoms with van der Waals surface area (Å²) in [6.07, 6.45) is 0. The minimum absolute atomic E-state index is 0.134. The van der Waals surface area contributed by atoms with Crippen molar-refractivity contribution in [2.45, 2.75) is 13.8 Å². The molecule has 6 N–H and O–H groups in total. The Bertz CT molecular complexity index is 1460. The molecule has 0 aliphatic rings. The largest absolute Gasteiger partial charge is 0.512 e. The number of aliphatic hydroxyl groups excluding tert-OH is 1. The molecule has 0 amide bonds. The lowest BCUT2D eigenvalue weighted by Gasteiger charge is -1.98. The third-order valence-electron chi connectivity index (χ3n) is 4.20. The fourth-order valence-electron chi connectivity index (χ4n) is 2.94. The lowest BCUT2D eigenvalue weighted by molar-refractivity contribution is -0.112. The number of fused-ring (bicyclic) bond motifs is 2. The van der Waals surface area contributed by atoms with Crippen molar-refractivity contribution in [2.75, 3.05) is 0 Å². The van der Waals surface area contributed by atoms with E-state index in [0.717, 1.165) is 0 Å². The molecule has 1 aromatic carbocycles. The number of phenolic OH excluding ortho intramolecular Hbond substituents is 2. The first-order chi connectivity index (χ1) is 14.1. The van der Waals surface area contributed by atoms with E-state index in [1.807, 2.05) is 0 Å². The Morgan fingerprint density at radius 2 is 1.60 bits per heavy atom. The standard InChI is InChI=1S/C17H12N4O8S/c1-3(22)5(4(2)23)15-18-7-9(24)12-8(10(25)11(7)28-15)19-16(29-12)6-13(26)20-17(30)21-14(6)27/h22,24-25H,1-2H3,(H3,20,21,26,27,30). The van der Waals surface area contributed by atoms with Gasteiger partial charge in [-0.25, -0.2) is 9.97 Å². The zero-order valence-corrected chi connectivity index (χ0v) is 16.0. The third kappa shape index (κ3) is 2.71. The number of nitrogens with zero attached hydrogens (tertiary/aromatic N) is 2. The molecule has 3 aromatic heterocycles. The molecule has 4 aromatic rings. The number of Topliss-reactive ketones (excluding diaryl/α,β-unsaturated/α-hetero) is 1. The molecule has 0 unspecified atom stereocenters. The summed E-state index contributed by atoms with van der Waals surface area (Å²) in [5.41, 5.74) is -2.74. The highest BCUT2D eigenvalue weighted by Crippen LogP contribution is 2.44. The Labute approximate surface area is 169 Å². The van der Waals surface area contributed by atoms with Gasteiger partial charge < -0.3 is 34.2 Å². The molecule has 0 aliphatic heterocycles. The normalized spacial score (nSPS) is 12.5. The van der Waals surface area contributed by atoms with E-state index in [1.165, 1.54) is 13.8 Å². The first-order valence-corrected chi connectivity index (χ1v) is 8.63. The van der Waals surface area contributed by atoms with Gasteiger partial charge in [0.25, 0.3) is 5.56 Å². The Morgan fingerprint density at radius 1 is 1.00 bits per heavy atom. The average Bonchev–Trinajstić information content (AvgIpc) is 3.24. The SMILES string of the molecule is CC(=O)C(=C(C)O)c1nc2c(O)c3oc(-c4c(O)[nH]c(=S)[nH]c4=O)nc3c(O)c2o1. The topological polar surface area (TPSA) is 199 Å². The van der Waals surface area contributed by atoms with Crippen LogP contribution in [-0.2, 0) is 4.79 Å². The van der Waals surface area contributed by atoms with Gasteiger partial charge in [-0.05, 0) is 26.1 Å². The molecule has 0 bridgehead atoms. The Balaban J connectivity index is 2.02. The van der Waals surface area contributed by atoms with E-state index in [4.69, 9.17) is 21.1 Å². The molecule has 154 valence electrons. The molecular weight excluding hydrogens is 420 g/mol. The molecule has 30 heavy (non-hydrogen) atoms. The summed E-state index contributed by atoms with van der Waals surface area (Å²) in [4.78, 5) is 36.3. The number of H-pyrrole nitrogens is 2. The summed E-state index contributed by atoms with van der Waals surface area (Å²) in [5.74, 6) is -3.53. The third-order valence-corrected chi connectivity index (χ3v) is 4.40. The number of oxazole rings is 2. The van der Waals surface area contributed by atoms with Gasteiger partial charge in [0.2, 0.25) is 28.8 Å². The molecule has 0 radical (unpaired) electrons. The van der Waals surface area contributed by atoms with Gasteiger partial charge in [-0.1, -0.05) is 0 Å². The Kier molecular flexibility index (Phi) is 4.13. The highest BCUT2D eigenvalue weighted by atomic mass is 32.1. The van der Waals surface area contributed by atoms with Gasteiger partial charge in [-0.2, -0.15) is 0 Å². The van der Waals surface area contributed by atoms with Crippen molar-refractivity contribution in [1.29, 1.82) is 0 Å². The molecule has 0 saturated heterocycles. The van der Waals surface area contributed by atoms with Crippen LogP contribution in [-0.4, -0.2) is 46.1 Å². The molecule has 13 heteroatoms. The van der Waals surface area contributed by atoms with Gasteiger partial charge in [-0.3, -0.25) is 14.6 Å². The van der Waals surface area contributed by atoms with Crippen LogP contribution in [0.1, 0.15) is 19.7 Å². The van der Waals surface area contributed by atoms with Crippen LogP contribution in [0.15, 0.2) is 19.4 Å². The lowest BCUT2D eigenvalue weighted by atomic mass is 10.1. The van der Waals surface area contributed by atoms with Crippen LogP contribution in [0.2, 0.25) is 0 Å². The van der Waals surface area contributed by atoms with Crippen LogP contribution >= 0.6 is 12.2 Å². The van der Waals surface area contributed by atoms with E-state index < -0.39 is 40.2 Å². The maximum Gasteiger partial charge on any atom is 0.268 e. The lowest BCUT2D eigenvalue weighted by Crippen LogP contribution is -2.10. The second kappa shape index (κ2) is 6.45. The second-order valence-corrected chi connectivity index (χ2v) is 6.65. The van der Waals surface area contributed by atoms with Gasteiger partial charge in [0.15, 0.2) is 38.7 Å². The molecule has 3 heterocycles. The fraction of sp³-hybridized carbons (Fsp3) is 0.118. The summed E-state index contributed by atoms with van der Waals surface area (Å²) < 4.78 is 10.6. The van der Waals surface area contributed by atoms with Gasteiger partial charge >= 0.3 is 0 Å². The monoisotopic (exact) mass is 432 g/mol. The zero-order chi connectivity index (χ0) is 21.9. The number of phenols is 2. The number of ketones is 1. The first-order valence-electron chi connectivity index (χ1n) is 8.22. The molecular formula is C17H12N4O8S. The van der Waals surface area contributed by atoms with Crippen molar-refractivity contribution >= 4 is 45.8 Å². The minimum atomic E-state index is -0.819. The van der Waals surface area contributed by atoms with Crippen LogP contribution in [0, 0.1) is 4.77 Å². The minimum Gasteiger partial charge on any atom is -0.512 e. The van der Waals surface area contributed by atoms with Crippen molar-refractivity contribution < 1.29 is 34.1 Å². The van der Waals surface area contributed by atoms with Gasteiger partial charge in [-0.15, -0.1) is 0 Å². The Hall–Kier alpha value is -4.13. The number of carbonyl (C=O) groups excluding carboxylic acids is 1. The number of allylic oxidation sites excluding steroid dienone is 2. The number of rotatable bonds is 3. The van der Waals surface area contributed by atoms with E-state index in [0.29, 0.717) is 0 Å². The highest BCUT2D eigenvalue weighted by molar-refractivity contribution is 7.71. The van der Waals surface area contributed by atoms with Gasteiger partial charge in [0.1, 0.15) is 11.3 Å². The van der Waals surface area contributed by atoms with Crippen molar-refractivity contribution in [3.63, 3.8) is 0 Å². The summed E-state index contributed by atoms with van der Waals surface area (Å²) in [7, 11) is 0. The zero-order valence-electron chi connectivity index (χ0n) is 15.2. The Morgan fingerprint density at radius 3 is 2.17 bits per heavy atom. The number of aromatic nitrogens is 4. The van der Waals surface area contributed by atoms with E-state index in [1.54, 1.807) is 0 Å². The number of aliphatic hydroxyl groups is 1. The molecule has 4 rings (SSSR count). The summed E-state index contributed by atoms with van der Waals surface area (Å²) in [6.45, 7) is 2.43. The van der Waals surface area contributed by atoms with E-state index in [-0.39, 0.29) is 44.2 Å². The summed E-state index contributed by atoms with van der Waals surface area (Å²) >= 11 is 4.75. The van der Waals surface area contributed by atoms with Gasteiger partial charge in [0, 0.05) is 0 Å². The van der Waals surface area contributed by atoms with Crippen LogP contribution in [0.25, 0.3) is 39.2 Å². The van der Waals surface area contributed by atoms with Crippen LogP contribution < -0.4 is 5.56 Å². The van der Waals surface area contributed by atoms with Crippen LogP contribution in [0.4, 0.5) is 0 Å². The average molecular weight is 432 g/mol. The number of hydrogen-bond acceptors (Lipinski definition) is 11. The molecule has 0 atom stereocenters. The molecule has 0 fully saturated rings. The van der Waals surface area contributed by atoms with Crippen molar-refractivity contribution in [3.05, 3.63) is 26.8 Å². The van der Waals surface area contributed by atoms with Gasteiger partial charge in [0.05, 0.1) is 0 Å². The van der Waals surface area contributed by atoms with E-state index in [9.17, 15) is 30.0 Å². The van der Waals surface area contributed by atoms with E-state index >= 15 is 0 Å². The number of aromatic amines is 2. The van der Waals surface area contributed by atoms with Crippen molar-refractivity contribution in [2.24, 2.45) is 0 Å². The smallest absolute Gasteiger partial charge is 0.268 e. The number of carbonyl (C=O) groups is 1. The number of aromatic hydroxyl groups is 3. The van der Waals surface area contributed by atoms with E-state index in [2.05, 4.69) is 19.9 Å².